The average Bonchev–Trinajstić information content (AvgIpc) is 2.31. The van der Waals surface area contributed by atoms with E-state index in [0.717, 1.165) is 51.8 Å². The lowest BCUT2D eigenvalue weighted by molar-refractivity contribution is -0.136. The maximum Gasteiger partial charge on any atom is 0.249 e. The standard InChI is InChI=1S/C11H20N2O2.ClH/c14-11(10-5-1-2-7-15-10)13-9-4-3-6-12-8-9;/h9-10,12H,1-8H2,(H,13,14);1H/t9-,10?;/m1./s1. The second-order valence-corrected chi connectivity index (χ2v) is 4.41. The normalized spacial score (nSPS) is 30.2. The zero-order chi connectivity index (χ0) is 10.5. The molecule has 2 N–H and O–H groups in total. The second-order valence-electron chi connectivity index (χ2n) is 4.41. The Morgan fingerprint density at radius 1 is 1.25 bits per heavy atom. The molecule has 5 heteroatoms. The Kier molecular flexibility index (Phi) is 6.09. The predicted molar refractivity (Wildman–Crippen MR) is 64.9 cm³/mol. The number of carbonyl (C=O) groups is 1. The van der Waals surface area contributed by atoms with E-state index >= 15 is 0 Å². The van der Waals surface area contributed by atoms with E-state index in [9.17, 15) is 4.79 Å². The van der Waals surface area contributed by atoms with Crippen molar-refractivity contribution in [3.05, 3.63) is 0 Å². The smallest absolute Gasteiger partial charge is 0.249 e. The molecule has 0 radical (unpaired) electrons. The second kappa shape index (κ2) is 7.09. The summed E-state index contributed by atoms with van der Waals surface area (Å²) >= 11 is 0. The molecule has 2 aliphatic heterocycles. The van der Waals surface area contributed by atoms with Gasteiger partial charge in [-0.3, -0.25) is 4.79 Å². The first-order valence-corrected chi connectivity index (χ1v) is 5.99. The summed E-state index contributed by atoms with van der Waals surface area (Å²) in [5.41, 5.74) is 0. The van der Waals surface area contributed by atoms with Crippen molar-refractivity contribution in [1.82, 2.24) is 10.6 Å². The molecule has 16 heavy (non-hydrogen) atoms. The fourth-order valence-corrected chi connectivity index (χ4v) is 2.22. The highest BCUT2D eigenvalue weighted by Gasteiger charge is 2.24. The van der Waals surface area contributed by atoms with Crippen molar-refractivity contribution in [2.45, 2.75) is 44.2 Å². The highest BCUT2D eigenvalue weighted by atomic mass is 35.5. The van der Waals surface area contributed by atoms with Crippen LogP contribution in [0.1, 0.15) is 32.1 Å². The Labute approximate surface area is 103 Å². The monoisotopic (exact) mass is 248 g/mol. The van der Waals surface area contributed by atoms with Gasteiger partial charge >= 0.3 is 0 Å². The Hall–Kier alpha value is -0.320. The van der Waals surface area contributed by atoms with Crippen LogP contribution in [0.5, 0.6) is 0 Å². The van der Waals surface area contributed by atoms with Gasteiger partial charge in [0.25, 0.3) is 0 Å². The van der Waals surface area contributed by atoms with Crippen LogP contribution in [0.3, 0.4) is 0 Å². The number of piperidine rings is 1. The van der Waals surface area contributed by atoms with Crippen LogP contribution in [0, 0.1) is 0 Å². The van der Waals surface area contributed by atoms with Gasteiger partial charge in [0.15, 0.2) is 0 Å². The highest BCUT2D eigenvalue weighted by Crippen LogP contribution is 2.13. The summed E-state index contributed by atoms with van der Waals surface area (Å²) in [6.07, 6.45) is 5.13. The maximum atomic E-state index is 11.8. The van der Waals surface area contributed by atoms with E-state index in [4.69, 9.17) is 4.74 Å². The summed E-state index contributed by atoms with van der Waals surface area (Å²) in [5.74, 6) is 0.0865. The molecule has 2 fully saturated rings. The van der Waals surface area contributed by atoms with Gasteiger partial charge in [-0.25, -0.2) is 0 Å². The number of carbonyl (C=O) groups excluding carboxylic acids is 1. The van der Waals surface area contributed by atoms with Gasteiger partial charge in [-0.2, -0.15) is 0 Å². The molecule has 0 bridgehead atoms. The minimum atomic E-state index is -0.194. The van der Waals surface area contributed by atoms with Gasteiger partial charge < -0.3 is 15.4 Å². The van der Waals surface area contributed by atoms with E-state index in [1.54, 1.807) is 0 Å². The van der Waals surface area contributed by atoms with E-state index < -0.39 is 0 Å². The van der Waals surface area contributed by atoms with Crippen molar-refractivity contribution >= 4 is 18.3 Å². The Morgan fingerprint density at radius 3 is 2.75 bits per heavy atom. The molecule has 0 saturated carbocycles. The fraction of sp³-hybridized carbons (Fsp3) is 0.909. The van der Waals surface area contributed by atoms with E-state index in [-0.39, 0.29) is 24.4 Å². The number of hydrogen-bond acceptors (Lipinski definition) is 3. The molecule has 2 atom stereocenters. The molecule has 94 valence electrons. The van der Waals surface area contributed by atoms with E-state index in [2.05, 4.69) is 10.6 Å². The predicted octanol–water partition coefficient (Wildman–Crippen LogP) is 0.845. The quantitative estimate of drug-likeness (QED) is 0.762. The largest absolute Gasteiger partial charge is 0.368 e. The van der Waals surface area contributed by atoms with E-state index in [1.165, 1.54) is 0 Å². The number of amides is 1. The summed E-state index contributed by atoms with van der Waals surface area (Å²) in [6.45, 7) is 2.71. The molecule has 0 aliphatic carbocycles. The number of ether oxygens (including phenoxy) is 1. The molecule has 0 spiro atoms. The van der Waals surface area contributed by atoms with Gasteiger partial charge in [-0.1, -0.05) is 0 Å². The van der Waals surface area contributed by atoms with Crippen LogP contribution >= 0.6 is 12.4 Å². The first kappa shape index (κ1) is 13.7. The fourth-order valence-electron chi connectivity index (χ4n) is 2.22. The maximum absolute atomic E-state index is 11.8. The molecule has 2 saturated heterocycles. The topological polar surface area (TPSA) is 50.4 Å². The Bertz CT molecular complexity index is 214. The third-order valence-corrected chi connectivity index (χ3v) is 3.12. The van der Waals surface area contributed by atoms with Crippen molar-refractivity contribution in [2.24, 2.45) is 0 Å². The van der Waals surface area contributed by atoms with Crippen molar-refractivity contribution in [3.63, 3.8) is 0 Å². The summed E-state index contributed by atoms with van der Waals surface area (Å²) in [6, 6.07) is 0.303. The van der Waals surface area contributed by atoms with Gasteiger partial charge in [0.1, 0.15) is 6.10 Å². The van der Waals surface area contributed by atoms with Crippen LogP contribution in [0.25, 0.3) is 0 Å². The number of nitrogens with one attached hydrogen (secondary N) is 2. The lowest BCUT2D eigenvalue weighted by Crippen LogP contribution is -2.49. The molecule has 4 nitrogen and oxygen atoms in total. The van der Waals surface area contributed by atoms with Crippen molar-refractivity contribution in [2.75, 3.05) is 19.7 Å². The SMILES string of the molecule is Cl.O=C(N[C@@H]1CCCNC1)C1CCCCO1. The zero-order valence-electron chi connectivity index (χ0n) is 9.54. The highest BCUT2D eigenvalue weighted by molar-refractivity contribution is 5.85. The number of hydrogen-bond donors (Lipinski definition) is 2. The van der Waals surface area contributed by atoms with Gasteiger partial charge in [0.05, 0.1) is 0 Å². The van der Waals surface area contributed by atoms with Crippen LogP contribution in [0.2, 0.25) is 0 Å². The summed E-state index contributed by atoms with van der Waals surface area (Å²) in [5, 5.41) is 6.35. The minimum Gasteiger partial charge on any atom is -0.368 e. The van der Waals surface area contributed by atoms with E-state index in [1.807, 2.05) is 0 Å². The van der Waals surface area contributed by atoms with E-state index in [0.29, 0.717) is 6.04 Å². The average molecular weight is 249 g/mol. The molecular formula is C11H21ClN2O2. The molecule has 0 aromatic heterocycles. The molecule has 0 aromatic carbocycles. The Morgan fingerprint density at radius 2 is 2.12 bits per heavy atom. The molecule has 2 heterocycles. The van der Waals surface area contributed by atoms with Crippen molar-refractivity contribution in [1.29, 1.82) is 0 Å². The van der Waals surface area contributed by atoms with Gasteiger partial charge in [-0.15, -0.1) is 12.4 Å². The lowest BCUT2D eigenvalue weighted by Gasteiger charge is -2.27. The minimum absolute atomic E-state index is 0. The van der Waals surface area contributed by atoms with Crippen LogP contribution in [0.15, 0.2) is 0 Å². The van der Waals surface area contributed by atoms with Gasteiger partial charge in [0.2, 0.25) is 5.91 Å². The molecule has 2 rings (SSSR count). The van der Waals surface area contributed by atoms with Crippen LogP contribution in [-0.4, -0.2) is 37.7 Å². The Balaban J connectivity index is 0.00000128. The van der Waals surface area contributed by atoms with Crippen LogP contribution in [-0.2, 0) is 9.53 Å². The van der Waals surface area contributed by atoms with Crippen LogP contribution in [0.4, 0.5) is 0 Å². The third-order valence-electron chi connectivity index (χ3n) is 3.12. The molecule has 2 aliphatic rings. The first-order valence-electron chi connectivity index (χ1n) is 5.99. The molecule has 0 aromatic rings. The van der Waals surface area contributed by atoms with Crippen molar-refractivity contribution in [3.8, 4) is 0 Å². The van der Waals surface area contributed by atoms with Crippen LogP contribution < -0.4 is 10.6 Å². The van der Waals surface area contributed by atoms with Gasteiger partial charge in [-0.05, 0) is 38.6 Å². The molecular weight excluding hydrogens is 228 g/mol. The summed E-state index contributed by atoms with van der Waals surface area (Å²) in [4.78, 5) is 11.8. The summed E-state index contributed by atoms with van der Waals surface area (Å²) < 4.78 is 5.45. The third kappa shape index (κ3) is 3.92. The van der Waals surface area contributed by atoms with Crippen molar-refractivity contribution < 1.29 is 9.53 Å². The zero-order valence-corrected chi connectivity index (χ0v) is 10.4. The lowest BCUT2D eigenvalue weighted by atomic mass is 10.1. The first-order chi connectivity index (χ1) is 7.36. The number of rotatable bonds is 2. The molecule has 1 unspecified atom stereocenters. The summed E-state index contributed by atoms with van der Waals surface area (Å²) in [7, 11) is 0. The molecule has 1 amide bonds. The van der Waals surface area contributed by atoms with Gasteiger partial charge in [0, 0.05) is 19.2 Å². The number of halogens is 1.